The summed E-state index contributed by atoms with van der Waals surface area (Å²) in [6.45, 7) is 4.48. The summed E-state index contributed by atoms with van der Waals surface area (Å²) < 4.78 is 7.15. The van der Waals surface area contributed by atoms with Crippen LogP contribution in [0.2, 0.25) is 0 Å². The van der Waals surface area contributed by atoms with E-state index >= 15 is 0 Å². The van der Waals surface area contributed by atoms with E-state index in [0.29, 0.717) is 13.0 Å². The fraction of sp³-hybridized carbons (Fsp3) is 0.700. The Kier molecular flexibility index (Phi) is 2.12. The third-order valence-corrected chi connectivity index (χ3v) is 3.06. The number of hydrogen-bond acceptors (Lipinski definition) is 3. The van der Waals surface area contributed by atoms with Crippen molar-refractivity contribution in [1.29, 1.82) is 0 Å². The van der Waals surface area contributed by atoms with Gasteiger partial charge in [0, 0.05) is 13.5 Å². The molecule has 0 radical (unpaired) electrons. The summed E-state index contributed by atoms with van der Waals surface area (Å²) in [5.74, 6) is 0. The largest absolute Gasteiger partial charge is 0.381 e. The molecule has 0 aromatic carbocycles. The minimum absolute atomic E-state index is 0.156. The van der Waals surface area contributed by atoms with Crippen molar-refractivity contribution in [2.24, 2.45) is 7.05 Å². The van der Waals surface area contributed by atoms with Crippen LogP contribution in [0.25, 0.3) is 0 Å². The lowest BCUT2D eigenvalue weighted by atomic mass is 9.90. The molecule has 14 heavy (non-hydrogen) atoms. The van der Waals surface area contributed by atoms with Gasteiger partial charge in [0.05, 0.1) is 24.6 Å². The number of hydrogen-bond donors (Lipinski definition) is 1. The van der Waals surface area contributed by atoms with Crippen LogP contribution in [0.5, 0.6) is 0 Å². The molecular weight excluding hydrogens is 180 g/mol. The smallest absolute Gasteiger partial charge is 0.134 e. The van der Waals surface area contributed by atoms with Gasteiger partial charge < -0.3 is 9.84 Å². The molecule has 4 heteroatoms. The van der Waals surface area contributed by atoms with Gasteiger partial charge in [-0.05, 0) is 19.4 Å². The van der Waals surface area contributed by atoms with Crippen LogP contribution >= 0.6 is 0 Å². The van der Waals surface area contributed by atoms with E-state index in [1.807, 2.05) is 20.9 Å². The molecule has 1 saturated heterocycles. The van der Waals surface area contributed by atoms with Crippen LogP contribution in [0.1, 0.15) is 24.6 Å². The average molecular weight is 196 g/mol. The van der Waals surface area contributed by atoms with E-state index in [1.54, 1.807) is 10.9 Å². The molecule has 1 N–H and O–H groups in total. The molecule has 1 aromatic rings. The Bertz CT molecular complexity index is 328. The van der Waals surface area contributed by atoms with E-state index in [4.69, 9.17) is 4.74 Å². The third-order valence-electron chi connectivity index (χ3n) is 3.06. The highest BCUT2D eigenvalue weighted by Gasteiger charge is 2.44. The highest BCUT2D eigenvalue weighted by atomic mass is 16.5. The second-order valence-corrected chi connectivity index (χ2v) is 3.99. The first-order chi connectivity index (χ1) is 6.55. The standard InChI is InChI=1S/C10H16N2O2/c1-7-6-11-12(3)9(7)10(13)4-5-14-8(10)2/h6,8,13H,4-5H2,1-3H3. The van der Waals surface area contributed by atoms with E-state index in [-0.39, 0.29) is 6.10 Å². The molecule has 0 bridgehead atoms. The quantitative estimate of drug-likeness (QED) is 0.720. The second kappa shape index (κ2) is 3.07. The van der Waals surface area contributed by atoms with Crippen molar-refractivity contribution in [2.75, 3.05) is 6.61 Å². The van der Waals surface area contributed by atoms with Crippen molar-refractivity contribution in [3.05, 3.63) is 17.5 Å². The topological polar surface area (TPSA) is 47.3 Å². The average Bonchev–Trinajstić information content (AvgIpc) is 2.60. The van der Waals surface area contributed by atoms with Gasteiger partial charge in [0.25, 0.3) is 0 Å². The minimum atomic E-state index is -0.866. The van der Waals surface area contributed by atoms with Crippen molar-refractivity contribution < 1.29 is 9.84 Å². The number of aryl methyl sites for hydroxylation is 2. The fourth-order valence-electron chi connectivity index (χ4n) is 2.21. The molecule has 0 spiro atoms. The maximum absolute atomic E-state index is 10.5. The molecule has 2 rings (SSSR count). The zero-order valence-electron chi connectivity index (χ0n) is 8.82. The van der Waals surface area contributed by atoms with Crippen molar-refractivity contribution in [2.45, 2.75) is 32.0 Å². The number of nitrogens with zero attached hydrogens (tertiary/aromatic N) is 2. The SMILES string of the molecule is Cc1cnn(C)c1C1(O)CCOC1C. The second-order valence-electron chi connectivity index (χ2n) is 3.99. The van der Waals surface area contributed by atoms with Gasteiger partial charge in [0.15, 0.2) is 0 Å². The highest BCUT2D eigenvalue weighted by molar-refractivity contribution is 5.25. The van der Waals surface area contributed by atoms with Crippen LogP contribution in [0.15, 0.2) is 6.20 Å². The van der Waals surface area contributed by atoms with Crippen LogP contribution < -0.4 is 0 Å². The van der Waals surface area contributed by atoms with Crippen LogP contribution in [-0.2, 0) is 17.4 Å². The minimum Gasteiger partial charge on any atom is -0.381 e. The van der Waals surface area contributed by atoms with Crippen LogP contribution in [-0.4, -0.2) is 27.6 Å². The van der Waals surface area contributed by atoms with Gasteiger partial charge in [-0.2, -0.15) is 5.10 Å². The van der Waals surface area contributed by atoms with Gasteiger partial charge in [-0.25, -0.2) is 0 Å². The summed E-state index contributed by atoms with van der Waals surface area (Å²) in [7, 11) is 1.85. The fourth-order valence-corrected chi connectivity index (χ4v) is 2.21. The predicted molar refractivity (Wildman–Crippen MR) is 51.9 cm³/mol. The Morgan fingerprint density at radius 3 is 2.86 bits per heavy atom. The van der Waals surface area contributed by atoms with E-state index in [2.05, 4.69) is 5.10 Å². The summed E-state index contributed by atoms with van der Waals surface area (Å²) in [5.41, 5.74) is 1.03. The van der Waals surface area contributed by atoms with Crippen LogP contribution in [0.3, 0.4) is 0 Å². The molecule has 78 valence electrons. The number of rotatable bonds is 1. The van der Waals surface area contributed by atoms with E-state index in [0.717, 1.165) is 11.3 Å². The first-order valence-electron chi connectivity index (χ1n) is 4.89. The van der Waals surface area contributed by atoms with Crippen molar-refractivity contribution in [1.82, 2.24) is 9.78 Å². The van der Waals surface area contributed by atoms with Gasteiger partial charge >= 0.3 is 0 Å². The van der Waals surface area contributed by atoms with Crippen molar-refractivity contribution in [3.63, 3.8) is 0 Å². The molecular formula is C10H16N2O2. The molecule has 1 aliphatic heterocycles. The first-order valence-corrected chi connectivity index (χ1v) is 4.89. The van der Waals surface area contributed by atoms with Gasteiger partial charge in [-0.1, -0.05) is 0 Å². The number of ether oxygens (including phenoxy) is 1. The maximum Gasteiger partial charge on any atom is 0.134 e. The zero-order valence-corrected chi connectivity index (χ0v) is 8.82. The first kappa shape index (κ1) is 9.68. The van der Waals surface area contributed by atoms with Gasteiger partial charge in [-0.3, -0.25) is 4.68 Å². The molecule has 0 aliphatic carbocycles. The normalized spacial score (nSPS) is 32.4. The van der Waals surface area contributed by atoms with E-state index in [9.17, 15) is 5.11 Å². The molecule has 1 fully saturated rings. The number of aromatic nitrogens is 2. The Hall–Kier alpha value is -0.870. The maximum atomic E-state index is 10.5. The Labute approximate surface area is 83.5 Å². The summed E-state index contributed by atoms with van der Waals surface area (Å²) in [5, 5.41) is 14.6. The lowest BCUT2D eigenvalue weighted by molar-refractivity contribution is -0.0376. The predicted octanol–water partition coefficient (Wildman–Crippen LogP) is 0.725. The molecule has 4 nitrogen and oxygen atoms in total. The molecule has 2 unspecified atom stereocenters. The van der Waals surface area contributed by atoms with Crippen LogP contribution in [0, 0.1) is 6.92 Å². The summed E-state index contributed by atoms with van der Waals surface area (Å²) in [4.78, 5) is 0. The Morgan fingerprint density at radius 2 is 2.43 bits per heavy atom. The van der Waals surface area contributed by atoms with Gasteiger partial charge in [0.1, 0.15) is 5.60 Å². The van der Waals surface area contributed by atoms with E-state index in [1.165, 1.54) is 0 Å². The molecule has 0 amide bonds. The summed E-state index contributed by atoms with van der Waals surface area (Å²) in [6, 6.07) is 0. The Balaban J connectivity index is 2.47. The number of aliphatic hydroxyl groups is 1. The zero-order chi connectivity index (χ0) is 10.3. The molecule has 1 aliphatic rings. The molecule has 1 aromatic heterocycles. The monoisotopic (exact) mass is 196 g/mol. The van der Waals surface area contributed by atoms with Crippen molar-refractivity contribution in [3.8, 4) is 0 Å². The molecule has 0 saturated carbocycles. The van der Waals surface area contributed by atoms with Crippen molar-refractivity contribution >= 4 is 0 Å². The molecule has 2 atom stereocenters. The van der Waals surface area contributed by atoms with E-state index < -0.39 is 5.60 Å². The lowest BCUT2D eigenvalue weighted by Crippen LogP contribution is -2.36. The lowest BCUT2D eigenvalue weighted by Gasteiger charge is -2.27. The molecule has 2 heterocycles. The third kappa shape index (κ3) is 1.18. The van der Waals surface area contributed by atoms with Crippen LogP contribution in [0.4, 0.5) is 0 Å². The Morgan fingerprint density at radius 1 is 1.71 bits per heavy atom. The van der Waals surface area contributed by atoms with Gasteiger partial charge in [0.2, 0.25) is 0 Å². The summed E-state index contributed by atoms with van der Waals surface area (Å²) >= 11 is 0. The summed E-state index contributed by atoms with van der Waals surface area (Å²) in [6.07, 6.45) is 2.27. The highest BCUT2D eigenvalue weighted by Crippen LogP contribution is 2.36. The van der Waals surface area contributed by atoms with Gasteiger partial charge in [-0.15, -0.1) is 0 Å².